The summed E-state index contributed by atoms with van der Waals surface area (Å²) in [6.07, 6.45) is 1.31. The van der Waals surface area contributed by atoms with E-state index in [4.69, 9.17) is 4.74 Å². The lowest BCUT2D eigenvalue weighted by atomic mass is 10.1. The number of Topliss-reactive ketones (excluding diaryl/α,β-unsaturated/α-hetero) is 1. The average molecular weight is 269 g/mol. The molecule has 0 aliphatic rings. The fourth-order valence-corrected chi connectivity index (χ4v) is 2.24. The van der Waals surface area contributed by atoms with Crippen LogP contribution >= 0.6 is 11.3 Å². The molecule has 0 aromatic carbocycles. The van der Waals surface area contributed by atoms with E-state index in [0.29, 0.717) is 11.5 Å². The van der Waals surface area contributed by atoms with Gasteiger partial charge in [-0.3, -0.25) is 9.59 Å². The van der Waals surface area contributed by atoms with Gasteiger partial charge in [-0.25, -0.2) is 0 Å². The summed E-state index contributed by atoms with van der Waals surface area (Å²) < 4.78 is 5.00. The minimum absolute atomic E-state index is 0.0272. The van der Waals surface area contributed by atoms with Gasteiger partial charge in [0.05, 0.1) is 17.5 Å². The van der Waals surface area contributed by atoms with Crippen molar-refractivity contribution in [3.8, 4) is 0 Å². The number of ketones is 1. The molecule has 0 fully saturated rings. The van der Waals surface area contributed by atoms with Crippen LogP contribution in [0.25, 0.3) is 0 Å². The fraction of sp³-hybridized carbons (Fsp3) is 0.538. The topological polar surface area (TPSA) is 55.4 Å². The van der Waals surface area contributed by atoms with Crippen molar-refractivity contribution < 1.29 is 14.3 Å². The highest BCUT2D eigenvalue weighted by Crippen LogP contribution is 2.12. The summed E-state index contributed by atoms with van der Waals surface area (Å²) in [5, 5.41) is 4.72. The molecule has 0 radical (unpaired) electrons. The standard InChI is InChI=1S/C13H19NO3S/c1-3-10(9-17-2)14-13(16)7-6-11(15)12-5-4-8-18-12/h4-5,8,10H,3,6-7,9H2,1-2H3,(H,14,16). The first-order valence-corrected chi connectivity index (χ1v) is 6.90. The van der Waals surface area contributed by atoms with Crippen LogP contribution in [0.1, 0.15) is 35.9 Å². The van der Waals surface area contributed by atoms with E-state index in [0.717, 1.165) is 6.42 Å². The van der Waals surface area contributed by atoms with Gasteiger partial charge in [-0.15, -0.1) is 11.3 Å². The molecule has 1 unspecified atom stereocenters. The Hall–Kier alpha value is -1.20. The average Bonchev–Trinajstić information content (AvgIpc) is 2.89. The number of thiophene rings is 1. The molecule has 0 saturated heterocycles. The Kier molecular flexibility index (Phi) is 6.60. The minimum Gasteiger partial charge on any atom is -0.383 e. The molecule has 0 aliphatic heterocycles. The second-order valence-electron chi connectivity index (χ2n) is 4.03. The zero-order chi connectivity index (χ0) is 13.4. The first-order chi connectivity index (χ1) is 8.67. The van der Waals surface area contributed by atoms with Crippen LogP contribution in [0.5, 0.6) is 0 Å². The van der Waals surface area contributed by atoms with Crippen molar-refractivity contribution in [2.24, 2.45) is 0 Å². The summed E-state index contributed by atoms with van der Waals surface area (Å²) in [4.78, 5) is 24.1. The Morgan fingerprint density at radius 1 is 1.44 bits per heavy atom. The van der Waals surface area contributed by atoms with Crippen LogP contribution in [-0.4, -0.2) is 31.4 Å². The summed E-state index contributed by atoms with van der Waals surface area (Å²) in [6.45, 7) is 2.49. The van der Waals surface area contributed by atoms with Gasteiger partial charge < -0.3 is 10.1 Å². The van der Waals surface area contributed by atoms with Gasteiger partial charge in [0, 0.05) is 20.0 Å². The van der Waals surface area contributed by atoms with Crippen LogP contribution in [0.4, 0.5) is 0 Å². The van der Waals surface area contributed by atoms with E-state index in [1.165, 1.54) is 11.3 Å². The van der Waals surface area contributed by atoms with Crippen LogP contribution < -0.4 is 5.32 Å². The lowest BCUT2D eigenvalue weighted by Crippen LogP contribution is -2.37. The molecule has 1 aromatic heterocycles. The second kappa shape index (κ2) is 8.00. The largest absolute Gasteiger partial charge is 0.383 e. The third-order valence-electron chi connectivity index (χ3n) is 2.60. The molecular weight excluding hydrogens is 250 g/mol. The van der Waals surface area contributed by atoms with E-state index in [1.54, 1.807) is 13.2 Å². The Morgan fingerprint density at radius 3 is 2.78 bits per heavy atom. The van der Waals surface area contributed by atoms with E-state index in [9.17, 15) is 9.59 Å². The maximum atomic E-state index is 11.7. The maximum Gasteiger partial charge on any atom is 0.220 e. The Balaban J connectivity index is 2.30. The minimum atomic E-state index is -0.0937. The number of rotatable bonds is 8. The molecule has 0 aliphatic carbocycles. The lowest BCUT2D eigenvalue weighted by Gasteiger charge is -2.15. The SMILES string of the molecule is CCC(COC)NC(=O)CCC(=O)c1cccs1. The molecule has 1 atom stereocenters. The number of amides is 1. The number of hydrogen-bond acceptors (Lipinski definition) is 4. The van der Waals surface area contributed by atoms with E-state index < -0.39 is 0 Å². The van der Waals surface area contributed by atoms with E-state index >= 15 is 0 Å². The summed E-state index contributed by atoms with van der Waals surface area (Å²) in [5.74, 6) is -0.0660. The second-order valence-corrected chi connectivity index (χ2v) is 4.98. The number of carbonyl (C=O) groups excluding carboxylic acids is 2. The smallest absolute Gasteiger partial charge is 0.220 e. The fourth-order valence-electron chi connectivity index (χ4n) is 1.55. The van der Waals surface area contributed by atoms with Crippen LogP contribution in [0, 0.1) is 0 Å². The zero-order valence-electron chi connectivity index (χ0n) is 10.8. The molecule has 0 bridgehead atoms. The molecule has 100 valence electrons. The molecule has 18 heavy (non-hydrogen) atoms. The van der Waals surface area contributed by atoms with Gasteiger partial charge >= 0.3 is 0 Å². The molecule has 1 heterocycles. The lowest BCUT2D eigenvalue weighted by molar-refractivity contribution is -0.122. The van der Waals surface area contributed by atoms with E-state index in [-0.39, 0.29) is 30.6 Å². The summed E-state index contributed by atoms with van der Waals surface area (Å²) in [6, 6.07) is 3.65. The predicted octanol–water partition coefficient (Wildman–Crippen LogP) is 2.25. The molecule has 1 rings (SSSR count). The summed E-state index contributed by atoms with van der Waals surface area (Å²) in [7, 11) is 1.61. The van der Waals surface area contributed by atoms with Gasteiger partial charge in [-0.1, -0.05) is 13.0 Å². The van der Waals surface area contributed by atoms with Gasteiger partial charge in [0.1, 0.15) is 0 Å². The van der Waals surface area contributed by atoms with Crippen LogP contribution in [0.3, 0.4) is 0 Å². The maximum absolute atomic E-state index is 11.7. The molecule has 0 spiro atoms. The molecule has 0 saturated carbocycles. The Bertz CT molecular complexity index is 376. The normalized spacial score (nSPS) is 12.1. The third-order valence-corrected chi connectivity index (χ3v) is 3.51. The summed E-state index contributed by atoms with van der Waals surface area (Å²) in [5.41, 5.74) is 0. The van der Waals surface area contributed by atoms with Crippen molar-refractivity contribution in [2.45, 2.75) is 32.2 Å². The number of ether oxygens (including phenoxy) is 1. The van der Waals surface area contributed by atoms with Crippen molar-refractivity contribution in [3.05, 3.63) is 22.4 Å². The van der Waals surface area contributed by atoms with Crippen LogP contribution in [0.15, 0.2) is 17.5 Å². The third kappa shape index (κ3) is 4.98. The first-order valence-electron chi connectivity index (χ1n) is 6.02. The van der Waals surface area contributed by atoms with Crippen LogP contribution in [-0.2, 0) is 9.53 Å². The monoisotopic (exact) mass is 269 g/mol. The van der Waals surface area contributed by atoms with Crippen molar-refractivity contribution in [3.63, 3.8) is 0 Å². The Morgan fingerprint density at radius 2 is 2.22 bits per heavy atom. The summed E-state index contributed by atoms with van der Waals surface area (Å²) >= 11 is 1.41. The number of methoxy groups -OCH3 is 1. The highest BCUT2D eigenvalue weighted by molar-refractivity contribution is 7.12. The van der Waals surface area contributed by atoms with E-state index in [1.807, 2.05) is 18.4 Å². The zero-order valence-corrected chi connectivity index (χ0v) is 11.6. The van der Waals surface area contributed by atoms with Crippen molar-refractivity contribution in [1.29, 1.82) is 0 Å². The van der Waals surface area contributed by atoms with Gasteiger partial charge in [0.15, 0.2) is 5.78 Å². The first kappa shape index (κ1) is 14.9. The van der Waals surface area contributed by atoms with Gasteiger partial charge in [-0.05, 0) is 17.9 Å². The van der Waals surface area contributed by atoms with Gasteiger partial charge in [0.25, 0.3) is 0 Å². The van der Waals surface area contributed by atoms with Crippen molar-refractivity contribution in [1.82, 2.24) is 5.32 Å². The molecule has 1 amide bonds. The molecule has 5 heteroatoms. The number of hydrogen-bond donors (Lipinski definition) is 1. The van der Waals surface area contributed by atoms with E-state index in [2.05, 4.69) is 5.32 Å². The molecule has 1 aromatic rings. The molecule has 4 nitrogen and oxygen atoms in total. The van der Waals surface area contributed by atoms with Gasteiger partial charge in [0.2, 0.25) is 5.91 Å². The Labute approximate surface area is 111 Å². The van der Waals surface area contributed by atoms with Crippen molar-refractivity contribution >= 4 is 23.0 Å². The van der Waals surface area contributed by atoms with Gasteiger partial charge in [-0.2, -0.15) is 0 Å². The van der Waals surface area contributed by atoms with Crippen molar-refractivity contribution in [2.75, 3.05) is 13.7 Å². The number of carbonyl (C=O) groups is 2. The quantitative estimate of drug-likeness (QED) is 0.736. The van der Waals surface area contributed by atoms with Crippen LogP contribution in [0.2, 0.25) is 0 Å². The predicted molar refractivity (Wildman–Crippen MR) is 72.0 cm³/mol. The molecular formula is C13H19NO3S. The highest BCUT2D eigenvalue weighted by atomic mass is 32.1. The number of nitrogens with one attached hydrogen (secondary N) is 1. The molecule has 1 N–H and O–H groups in total. The highest BCUT2D eigenvalue weighted by Gasteiger charge is 2.13.